The highest BCUT2D eigenvalue weighted by Gasteiger charge is 2.10. The zero-order chi connectivity index (χ0) is 20.9. The quantitative estimate of drug-likeness (QED) is 0.405. The van der Waals surface area contributed by atoms with Crippen molar-refractivity contribution < 1.29 is 13.9 Å². The van der Waals surface area contributed by atoms with Gasteiger partial charge in [0.2, 0.25) is 0 Å². The minimum atomic E-state index is -0.449. The van der Waals surface area contributed by atoms with Gasteiger partial charge in [-0.2, -0.15) is 0 Å². The van der Waals surface area contributed by atoms with Crippen LogP contribution in [0, 0.1) is 5.82 Å². The highest BCUT2D eigenvalue weighted by Crippen LogP contribution is 2.29. The van der Waals surface area contributed by atoms with E-state index in [-0.39, 0.29) is 11.5 Å². The van der Waals surface area contributed by atoms with Crippen molar-refractivity contribution in [3.05, 3.63) is 89.6 Å². The van der Waals surface area contributed by atoms with Crippen molar-refractivity contribution in [3.8, 4) is 17.0 Å². The Morgan fingerprint density at radius 2 is 1.80 bits per heavy atom. The van der Waals surface area contributed by atoms with Gasteiger partial charge >= 0.3 is 0 Å². The molecule has 3 aromatic carbocycles. The number of thiazole rings is 1. The molecule has 4 aromatic rings. The predicted octanol–water partition coefficient (Wildman–Crippen LogP) is 5.95. The maximum absolute atomic E-state index is 13.4. The molecule has 0 saturated heterocycles. The lowest BCUT2D eigenvalue weighted by Gasteiger charge is -2.07. The number of nitrogens with one attached hydrogen (secondary N) is 2. The third kappa shape index (κ3) is 4.64. The number of methoxy groups -OCH3 is 1. The average Bonchev–Trinajstić information content (AvgIpc) is 3.22. The molecule has 0 aliphatic heterocycles. The SMILES string of the molecule is COc1cccc(Nc2nc(-c3cccc(NC(=O)c4cccc(F)c4)c3)cs2)c1. The van der Waals surface area contributed by atoms with E-state index in [1.54, 1.807) is 19.2 Å². The minimum absolute atomic E-state index is 0.263. The van der Waals surface area contributed by atoms with E-state index in [0.29, 0.717) is 5.69 Å². The lowest BCUT2D eigenvalue weighted by molar-refractivity contribution is 0.102. The number of anilines is 3. The first-order valence-electron chi connectivity index (χ1n) is 9.15. The monoisotopic (exact) mass is 419 g/mol. The third-order valence-corrected chi connectivity index (χ3v) is 5.09. The van der Waals surface area contributed by atoms with Gasteiger partial charge in [0.1, 0.15) is 11.6 Å². The van der Waals surface area contributed by atoms with E-state index in [1.807, 2.05) is 47.8 Å². The fourth-order valence-electron chi connectivity index (χ4n) is 2.88. The Bertz CT molecular complexity index is 1190. The fraction of sp³-hybridized carbons (Fsp3) is 0.0435. The van der Waals surface area contributed by atoms with Crippen LogP contribution >= 0.6 is 11.3 Å². The van der Waals surface area contributed by atoms with Gasteiger partial charge in [-0.05, 0) is 42.5 Å². The van der Waals surface area contributed by atoms with Gasteiger partial charge in [0.15, 0.2) is 5.13 Å². The molecule has 0 aliphatic carbocycles. The van der Waals surface area contributed by atoms with Gasteiger partial charge in [-0.1, -0.05) is 24.3 Å². The summed E-state index contributed by atoms with van der Waals surface area (Å²) >= 11 is 1.48. The van der Waals surface area contributed by atoms with Gasteiger partial charge in [-0.3, -0.25) is 4.79 Å². The Hall–Kier alpha value is -3.71. The van der Waals surface area contributed by atoms with Crippen LogP contribution in [0.4, 0.5) is 20.9 Å². The van der Waals surface area contributed by atoms with Crippen LogP contribution in [0.1, 0.15) is 10.4 Å². The lowest BCUT2D eigenvalue weighted by Crippen LogP contribution is -2.12. The van der Waals surface area contributed by atoms with Crippen LogP contribution < -0.4 is 15.4 Å². The van der Waals surface area contributed by atoms with Crippen molar-refractivity contribution in [2.45, 2.75) is 0 Å². The highest BCUT2D eigenvalue weighted by molar-refractivity contribution is 7.14. The van der Waals surface area contributed by atoms with Gasteiger partial charge in [0.05, 0.1) is 12.8 Å². The van der Waals surface area contributed by atoms with E-state index >= 15 is 0 Å². The van der Waals surface area contributed by atoms with Crippen LogP contribution in [0.15, 0.2) is 78.2 Å². The van der Waals surface area contributed by atoms with Crippen LogP contribution in [-0.4, -0.2) is 18.0 Å². The maximum atomic E-state index is 13.4. The van der Waals surface area contributed by atoms with Crippen molar-refractivity contribution >= 4 is 33.8 Å². The fourth-order valence-corrected chi connectivity index (χ4v) is 3.62. The molecule has 0 atom stereocenters. The maximum Gasteiger partial charge on any atom is 0.255 e. The van der Waals surface area contributed by atoms with E-state index in [4.69, 9.17) is 4.74 Å². The number of aromatic nitrogens is 1. The number of amides is 1. The molecule has 30 heavy (non-hydrogen) atoms. The van der Waals surface area contributed by atoms with Crippen LogP contribution in [0.25, 0.3) is 11.3 Å². The summed E-state index contributed by atoms with van der Waals surface area (Å²) in [5.41, 5.74) is 3.40. The molecule has 1 amide bonds. The second kappa shape index (κ2) is 8.75. The molecule has 0 aliphatic rings. The van der Waals surface area contributed by atoms with Gasteiger partial charge in [-0.25, -0.2) is 9.37 Å². The summed E-state index contributed by atoms with van der Waals surface area (Å²) in [7, 11) is 1.63. The van der Waals surface area contributed by atoms with Gasteiger partial charge in [0, 0.05) is 33.9 Å². The summed E-state index contributed by atoms with van der Waals surface area (Å²) in [4.78, 5) is 17.0. The Labute approximate surface area is 177 Å². The number of nitrogens with zero attached hydrogens (tertiary/aromatic N) is 1. The van der Waals surface area contributed by atoms with Crippen LogP contribution in [0.3, 0.4) is 0 Å². The molecule has 5 nitrogen and oxygen atoms in total. The summed E-state index contributed by atoms with van der Waals surface area (Å²) < 4.78 is 18.6. The second-order valence-electron chi connectivity index (χ2n) is 6.44. The zero-order valence-corrected chi connectivity index (χ0v) is 16.9. The molecule has 0 radical (unpaired) electrons. The molecule has 0 saturated carbocycles. The van der Waals surface area contributed by atoms with Crippen molar-refractivity contribution in [2.75, 3.05) is 17.7 Å². The smallest absolute Gasteiger partial charge is 0.255 e. The first kappa shape index (κ1) is 19.6. The zero-order valence-electron chi connectivity index (χ0n) is 16.1. The Morgan fingerprint density at radius 1 is 1.00 bits per heavy atom. The number of carbonyl (C=O) groups excluding carboxylic acids is 1. The van der Waals surface area contributed by atoms with E-state index in [9.17, 15) is 9.18 Å². The number of rotatable bonds is 6. The number of benzene rings is 3. The van der Waals surface area contributed by atoms with E-state index in [0.717, 1.165) is 27.8 Å². The van der Waals surface area contributed by atoms with Gasteiger partial charge < -0.3 is 15.4 Å². The summed E-state index contributed by atoms with van der Waals surface area (Å²) in [6.07, 6.45) is 0. The Morgan fingerprint density at radius 3 is 2.63 bits per heavy atom. The summed E-state index contributed by atoms with van der Waals surface area (Å²) in [5, 5.41) is 8.74. The highest BCUT2D eigenvalue weighted by atomic mass is 32.1. The third-order valence-electron chi connectivity index (χ3n) is 4.33. The molecule has 1 heterocycles. The molecule has 7 heteroatoms. The summed E-state index contributed by atoms with van der Waals surface area (Å²) in [6, 6.07) is 20.6. The molecule has 0 unspecified atom stereocenters. The standard InChI is InChI=1S/C23H18FN3O2S/c1-29-20-10-4-9-19(13-20)26-23-27-21(14-30-23)15-5-3-8-18(12-15)25-22(28)16-6-2-7-17(24)11-16/h2-14H,1H3,(H,25,28)(H,26,27). The molecule has 2 N–H and O–H groups in total. The summed E-state index contributed by atoms with van der Waals surface area (Å²) in [6.45, 7) is 0. The first-order valence-corrected chi connectivity index (χ1v) is 10.0. The Balaban J connectivity index is 1.49. The molecule has 0 fully saturated rings. The van der Waals surface area contributed by atoms with Crippen LogP contribution in [0.5, 0.6) is 5.75 Å². The average molecular weight is 419 g/mol. The van der Waals surface area contributed by atoms with Crippen LogP contribution in [-0.2, 0) is 0 Å². The molecule has 0 bridgehead atoms. The number of hydrogen-bond acceptors (Lipinski definition) is 5. The number of halogens is 1. The van der Waals surface area contributed by atoms with Crippen molar-refractivity contribution in [2.24, 2.45) is 0 Å². The largest absolute Gasteiger partial charge is 0.497 e. The number of ether oxygens (including phenoxy) is 1. The molecule has 0 spiro atoms. The van der Waals surface area contributed by atoms with E-state index in [1.165, 1.54) is 29.5 Å². The van der Waals surface area contributed by atoms with E-state index in [2.05, 4.69) is 15.6 Å². The van der Waals surface area contributed by atoms with Gasteiger partial charge in [-0.15, -0.1) is 11.3 Å². The predicted molar refractivity (Wildman–Crippen MR) is 118 cm³/mol. The molecule has 150 valence electrons. The minimum Gasteiger partial charge on any atom is -0.497 e. The molecule has 1 aromatic heterocycles. The van der Waals surface area contributed by atoms with Crippen molar-refractivity contribution in [1.29, 1.82) is 0 Å². The van der Waals surface area contributed by atoms with Gasteiger partial charge in [0.25, 0.3) is 5.91 Å². The lowest BCUT2D eigenvalue weighted by atomic mass is 10.1. The first-order chi connectivity index (χ1) is 14.6. The van der Waals surface area contributed by atoms with Crippen LogP contribution in [0.2, 0.25) is 0 Å². The molecular weight excluding hydrogens is 401 g/mol. The number of carbonyl (C=O) groups is 1. The number of hydrogen-bond donors (Lipinski definition) is 2. The molecular formula is C23H18FN3O2S. The summed E-state index contributed by atoms with van der Waals surface area (Å²) in [5.74, 6) is -0.0567. The van der Waals surface area contributed by atoms with Crippen molar-refractivity contribution in [3.63, 3.8) is 0 Å². The normalized spacial score (nSPS) is 10.5. The Kier molecular flexibility index (Phi) is 5.72. The second-order valence-corrected chi connectivity index (χ2v) is 7.30. The topological polar surface area (TPSA) is 63.2 Å². The van der Waals surface area contributed by atoms with E-state index < -0.39 is 5.82 Å². The molecule has 4 rings (SSSR count). The van der Waals surface area contributed by atoms with Crippen molar-refractivity contribution in [1.82, 2.24) is 4.98 Å².